The highest BCUT2D eigenvalue weighted by atomic mass is 32.2. The first kappa shape index (κ1) is 18.7. The Bertz CT molecular complexity index is 1110. The minimum absolute atomic E-state index is 0.0224. The fourth-order valence-electron chi connectivity index (χ4n) is 2.46. The Morgan fingerprint density at radius 1 is 1.21 bits per heavy atom. The van der Waals surface area contributed by atoms with E-state index in [-0.39, 0.29) is 40.4 Å². The number of aryl methyl sites for hydroxylation is 1. The van der Waals surface area contributed by atoms with Gasteiger partial charge >= 0.3 is 6.18 Å². The summed E-state index contributed by atoms with van der Waals surface area (Å²) in [7, 11) is -4.04. The van der Waals surface area contributed by atoms with Gasteiger partial charge in [0.2, 0.25) is 21.7 Å². The monoisotopic (exact) mass is 418 g/mol. The molecule has 0 aliphatic heterocycles. The van der Waals surface area contributed by atoms with E-state index in [1.807, 2.05) is 0 Å². The highest BCUT2D eigenvalue weighted by molar-refractivity contribution is 7.89. The van der Waals surface area contributed by atoms with Crippen LogP contribution in [0.1, 0.15) is 42.0 Å². The zero-order valence-corrected chi connectivity index (χ0v) is 15.1. The van der Waals surface area contributed by atoms with Crippen molar-refractivity contribution in [3.8, 4) is 11.5 Å². The summed E-state index contributed by atoms with van der Waals surface area (Å²) in [6.45, 7) is 1.16. The lowest BCUT2D eigenvalue weighted by molar-refractivity contribution is -0.155. The molecule has 28 heavy (non-hydrogen) atoms. The number of hydrogen-bond donors (Lipinski definition) is 1. The third-order valence-corrected chi connectivity index (χ3v) is 5.54. The van der Waals surface area contributed by atoms with Crippen LogP contribution in [0.15, 0.2) is 30.5 Å². The quantitative estimate of drug-likeness (QED) is 0.648. The Morgan fingerprint density at radius 3 is 2.61 bits per heavy atom. The van der Waals surface area contributed by atoms with E-state index >= 15 is 0 Å². The number of halogens is 3. The minimum atomic E-state index is -4.72. The first-order chi connectivity index (χ1) is 13.1. The van der Waals surface area contributed by atoms with Gasteiger partial charge in [0.25, 0.3) is 0 Å². The summed E-state index contributed by atoms with van der Waals surface area (Å²) in [5.74, 6) is -0.623. The molecule has 3 aromatic rings. The van der Waals surface area contributed by atoms with Gasteiger partial charge in [-0.15, -0.1) is 0 Å². The van der Waals surface area contributed by atoms with Crippen LogP contribution >= 0.6 is 0 Å². The maximum absolute atomic E-state index is 12.6. The third kappa shape index (κ3) is 3.67. The van der Waals surface area contributed by atoms with Crippen molar-refractivity contribution < 1.29 is 35.1 Å². The first-order valence-corrected chi connectivity index (χ1v) is 9.58. The summed E-state index contributed by atoms with van der Waals surface area (Å²) in [6, 6.07) is 1.70. The van der Waals surface area contributed by atoms with Gasteiger partial charge in [0.1, 0.15) is 16.3 Å². The topological polar surface area (TPSA) is 124 Å². The summed E-state index contributed by atoms with van der Waals surface area (Å²) in [4.78, 5) is 3.87. The molecule has 13 heteroatoms. The van der Waals surface area contributed by atoms with Crippen LogP contribution in [-0.4, -0.2) is 23.7 Å². The van der Waals surface area contributed by atoms with Crippen LogP contribution in [0, 0.1) is 6.92 Å². The molecule has 0 aromatic carbocycles. The largest absolute Gasteiger partial charge is 0.458 e. The SMILES string of the molecule is Cc1oc(-c2cc(C(F)(F)F)on2)cc1S(=O)(=O)NCc1noc(C2CC2)n1. The van der Waals surface area contributed by atoms with Crippen molar-refractivity contribution in [1.82, 2.24) is 20.0 Å². The molecule has 0 saturated heterocycles. The summed E-state index contributed by atoms with van der Waals surface area (Å²) >= 11 is 0. The molecule has 0 atom stereocenters. The van der Waals surface area contributed by atoms with E-state index in [9.17, 15) is 21.6 Å². The molecule has 0 unspecified atom stereocenters. The molecule has 0 radical (unpaired) electrons. The molecule has 1 aliphatic carbocycles. The molecule has 4 rings (SSSR count). The fourth-order valence-corrected chi connectivity index (χ4v) is 3.61. The summed E-state index contributed by atoms with van der Waals surface area (Å²) in [6.07, 6.45) is -2.79. The normalized spacial score (nSPS) is 15.3. The average molecular weight is 418 g/mol. The number of nitrogens with zero attached hydrogens (tertiary/aromatic N) is 3. The van der Waals surface area contributed by atoms with Crippen molar-refractivity contribution in [2.24, 2.45) is 0 Å². The van der Waals surface area contributed by atoms with E-state index in [0.717, 1.165) is 18.9 Å². The molecule has 1 aliphatic rings. The lowest BCUT2D eigenvalue weighted by Crippen LogP contribution is -2.24. The predicted molar refractivity (Wildman–Crippen MR) is 84.2 cm³/mol. The standard InChI is InChI=1S/C15H13F3N4O5S/c1-7-11(5-10(25-7)9-4-12(26-21-9)15(16,17)18)28(23,24)19-6-13-20-14(27-22-13)8-2-3-8/h4-5,8,19H,2-3,6H2,1H3. The van der Waals surface area contributed by atoms with Crippen molar-refractivity contribution in [2.75, 3.05) is 0 Å². The van der Waals surface area contributed by atoms with E-state index < -0.39 is 22.0 Å². The minimum Gasteiger partial charge on any atom is -0.458 e. The van der Waals surface area contributed by atoms with E-state index in [2.05, 4.69) is 24.5 Å². The maximum atomic E-state index is 12.6. The lowest BCUT2D eigenvalue weighted by atomic mass is 10.3. The van der Waals surface area contributed by atoms with Gasteiger partial charge in [-0.2, -0.15) is 18.2 Å². The second-order valence-corrected chi connectivity index (χ2v) is 7.99. The van der Waals surface area contributed by atoms with Gasteiger partial charge in [0, 0.05) is 18.1 Å². The molecule has 1 saturated carbocycles. The molecule has 0 spiro atoms. The van der Waals surface area contributed by atoms with E-state index in [1.165, 1.54) is 6.92 Å². The number of sulfonamides is 1. The molecule has 1 N–H and O–H groups in total. The Morgan fingerprint density at radius 2 is 1.96 bits per heavy atom. The Balaban J connectivity index is 1.52. The predicted octanol–water partition coefficient (Wildman–Crippen LogP) is 3.00. The van der Waals surface area contributed by atoms with Gasteiger partial charge in [-0.3, -0.25) is 0 Å². The number of rotatable bonds is 6. The van der Waals surface area contributed by atoms with Crippen molar-refractivity contribution in [3.63, 3.8) is 0 Å². The summed E-state index contributed by atoms with van der Waals surface area (Å²) in [5.41, 5.74) is -0.274. The zero-order valence-electron chi connectivity index (χ0n) is 14.3. The van der Waals surface area contributed by atoms with Crippen LogP contribution in [0.5, 0.6) is 0 Å². The second kappa shape index (κ2) is 6.44. The molecule has 1 fully saturated rings. The van der Waals surface area contributed by atoms with Gasteiger partial charge in [0.15, 0.2) is 11.6 Å². The zero-order chi connectivity index (χ0) is 20.1. The summed E-state index contributed by atoms with van der Waals surface area (Å²) < 4.78 is 79.7. The van der Waals surface area contributed by atoms with E-state index in [0.29, 0.717) is 12.0 Å². The van der Waals surface area contributed by atoms with Crippen LogP contribution in [0.4, 0.5) is 13.2 Å². The molecule has 0 bridgehead atoms. The number of hydrogen-bond acceptors (Lipinski definition) is 8. The van der Waals surface area contributed by atoms with E-state index in [4.69, 9.17) is 8.94 Å². The van der Waals surface area contributed by atoms with Crippen molar-refractivity contribution in [2.45, 2.75) is 43.3 Å². The van der Waals surface area contributed by atoms with Gasteiger partial charge in [-0.05, 0) is 19.8 Å². The van der Waals surface area contributed by atoms with Crippen LogP contribution < -0.4 is 4.72 Å². The number of alkyl halides is 3. The number of nitrogens with one attached hydrogen (secondary N) is 1. The second-order valence-electron chi connectivity index (χ2n) is 6.25. The summed E-state index contributed by atoms with van der Waals surface area (Å²) in [5, 5.41) is 6.98. The number of furan rings is 1. The smallest absolute Gasteiger partial charge is 0.452 e. The Hall–Kier alpha value is -2.67. The maximum Gasteiger partial charge on any atom is 0.452 e. The van der Waals surface area contributed by atoms with Crippen molar-refractivity contribution in [3.05, 3.63) is 35.4 Å². The van der Waals surface area contributed by atoms with Gasteiger partial charge in [0.05, 0.1) is 6.54 Å². The molecule has 9 nitrogen and oxygen atoms in total. The third-order valence-electron chi connectivity index (χ3n) is 4.03. The highest BCUT2D eigenvalue weighted by Crippen LogP contribution is 2.39. The van der Waals surface area contributed by atoms with Crippen molar-refractivity contribution >= 4 is 10.0 Å². The molecular formula is C15H13F3N4O5S. The first-order valence-electron chi connectivity index (χ1n) is 8.10. The van der Waals surface area contributed by atoms with Gasteiger partial charge < -0.3 is 13.5 Å². The van der Waals surface area contributed by atoms with Crippen molar-refractivity contribution in [1.29, 1.82) is 0 Å². The van der Waals surface area contributed by atoms with Crippen LogP contribution in [-0.2, 0) is 22.7 Å². The molecule has 0 amide bonds. The van der Waals surface area contributed by atoms with Gasteiger partial charge in [-0.25, -0.2) is 13.1 Å². The van der Waals surface area contributed by atoms with Gasteiger partial charge in [-0.1, -0.05) is 10.3 Å². The average Bonchev–Trinajstić information content (AvgIpc) is 3.02. The van der Waals surface area contributed by atoms with Crippen LogP contribution in [0.25, 0.3) is 11.5 Å². The molecular weight excluding hydrogens is 405 g/mol. The van der Waals surface area contributed by atoms with Crippen LogP contribution in [0.2, 0.25) is 0 Å². The highest BCUT2D eigenvalue weighted by Gasteiger charge is 2.37. The molecule has 3 aromatic heterocycles. The Labute approximate surface area is 155 Å². The molecule has 3 heterocycles. The fraction of sp³-hybridized carbons (Fsp3) is 0.400. The van der Waals surface area contributed by atoms with Crippen LogP contribution in [0.3, 0.4) is 0 Å². The van der Waals surface area contributed by atoms with E-state index in [1.54, 1.807) is 0 Å². The Kier molecular flexibility index (Phi) is 4.30. The molecule has 150 valence electrons. The number of aromatic nitrogens is 3. The lowest BCUT2D eigenvalue weighted by Gasteiger charge is -2.02.